The highest BCUT2D eigenvalue weighted by atomic mass is 79.9. The third-order valence-electron chi connectivity index (χ3n) is 5.80. The number of nitrogens with zero attached hydrogens (tertiary/aromatic N) is 3. The molecule has 1 amide bonds. The molecule has 0 bridgehead atoms. The van der Waals surface area contributed by atoms with E-state index in [-0.39, 0.29) is 24.0 Å². The SMILES string of the molecule is CCOc1cc(C=Nn2c(C(C)C)nc3ccc(Br)cc3c2=O)c(Br)c(Br)c1OCC(=O)Nc1ccc(C)cc1. The molecular weight excluding hydrogens is 708 g/mol. The van der Waals surface area contributed by atoms with Crippen molar-refractivity contribution in [3.63, 3.8) is 0 Å². The standard InChI is InChI=1S/C29H27Br3N4O4/c1-5-39-23-12-18(14-33-36-28(16(2)3)35-22-11-8-19(30)13-21(22)29(36)38)25(31)26(32)27(23)40-15-24(37)34-20-9-6-17(4)7-10-20/h6-14,16H,5,15H2,1-4H3,(H,34,37). The van der Waals surface area contributed by atoms with Crippen LogP contribution in [-0.2, 0) is 4.79 Å². The fraction of sp³-hybridized carbons (Fsp3) is 0.241. The summed E-state index contributed by atoms with van der Waals surface area (Å²) in [4.78, 5) is 30.6. The number of benzene rings is 3. The number of aryl methyl sites for hydroxylation is 1. The van der Waals surface area contributed by atoms with Crippen LogP contribution in [0.4, 0.5) is 5.69 Å². The number of ether oxygens (including phenoxy) is 2. The molecular formula is C29H27Br3N4O4. The summed E-state index contributed by atoms with van der Waals surface area (Å²) in [6.45, 7) is 7.89. The average molecular weight is 735 g/mol. The molecule has 1 heterocycles. The normalized spacial score (nSPS) is 11.4. The van der Waals surface area contributed by atoms with Gasteiger partial charge in [0.05, 0.1) is 28.2 Å². The van der Waals surface area contributed by atoms with Gasteiger partial charge in [0.25, 0.3) is 11.5 Å². The first-order valence-corrected chi connectivity index (χ1v) is 14.9. The Bertz CT molecular complexity index is 1650. The number of amides is 1. The first-order valence-electron chi connectivity index (χ1n) is 12.5. The number of aromatic nitrogens is 2. The van der Waals surface area contributed by atoms with Crippen molar-refractivity contribution in [2.45, 2.75) is 33.6 Å². The molecule has 0 radical (unpaired) electrons. The Morgan fingerprint density at radius 1 is 1.07 bits per heavy atom. The quantitative estimate of drug-likeness (QED) is 0.181. The molecule has 0 unspecified atom stereocenters. The van der Waals surface area contributed by atoms with E-state index in [1.807, 2.05) is 64.1 Å². The molecule has 0 aliphatic carbocycles. The Kier molecular flexibility index (Phi) is 9.81. The van der Waals surface area contributed by atoms with Gasteiger partial charge in [-0.2, -0.15) is 9.78 Å². The lowest BCUT2D eigenvalue weighted by atomic mass is 10.2. The Balaban J connectivity index is 1.65. The molecule has 11 heteroatoms. The maximum atomic E-state index is 13.4. The second kappa shape index (κ2) is 13.1. The van der Waals surface area contributed by atoms with Crippen molar-refractivity contribution in [3.8, 4) is 11.5 Å². The number of carbonyl (C=O) groups is 1. The first-order chi connectivity index (χ1) is 19.1. The van der Waals surface area contributed by atoms with E-state index in [0.29, 0.717) is 55.0 Å². The molecule has 0 aliphatic heterocycles. The predicted octanol–water partition coefficient (Wildman–Crippen LogP) is 7.41. The highest BCUT2D eigenvalue weighted by Crippen LogP contribution is 2.42. The van der Waals surface area contributed by atoms with E-state index in [2.05, 4.69) is 63.2 Å². The van der Waals surface area contributed by atoms with Gasteiger partial charge in [-0.25, -0.2) is 4.98 Å². The predicted molar refractivity (Wildman–Crippen MR) is 169 cm³/mol. The number of fused-ring (bicyclic) bond motifs is 1. The van der Waals surface area contributed by atoms with Gasteiger partial charge >= 0.3 is 0 Å². The Morgan fingerprint density at radius 3 is 2.48 bits per heavy atom. The lowest BCUT2D eigenvalue weighted by Gasteiger charge is -2.16. The minimum absolute atomic E-state index is 0.0473. The number of hydrogen-bond acceptors (Lipinski definition) is 6. The lowest BCUT2D eigenvalue weighted by Crippen LogP contribution is -2.23. The molecule has 0 fully saturated rings. The molecule has 0 aliphatic rings. The summed E-state index contributed by atoms with van der Waals surface area (Å²) in [5, 5.41) is 7.80. The molecule has 1 N–H and O–H groups in total. The minimum atomic E-state index is -0.309. The highest BCUT2D eigenvalue weighted by molar-refractivity contribution is 9.13. The summed E-state index contributed by atoms with van der Waals surface area (Å²) in [5.74, 6) is 0.960. The van der Waals surface area contributed by atoms with Crippen LogP contribution in [-0.4, -0.2) is 35.0 Å². The number of anilines is 1. The zero-order chi connectivity index (χ0) is 29.0. The van der Waals surface area contributed by atoms with Crippen LogP contribution in [0.25, 0.3) is 10.9 Å². The number of carbonyl (C=O) groups excluding carboxylic acids is 1. The van der Waals surface area contributed by atoms with E-state index in [1.54, 1.807) is 18.3 Å². The van der Waals surface area contributed by atoms with Crippen molar-refractivity contribution in [2.24, 2.45) is 5.10 Å². The molecule has 0 atom stereocenters. The maximum Gasteiger partial charge on any atom is 0.282 e. The second-order valence-electron chi connectivity index (χ2n) is 9.20. The largest absolute Gasteiger partial charge is 0.490 e. The number of rotatable bonds is 9. The minimum Gasteiger partial charge on any atom is -0.490 e. The molecule has 0 saturated carbocycles. The van der Waals surface area contributed by atoms with E-state index < -0.39 is 0 Å². The fourth-order valence-electron chi connectivity index (χ4n) is 3.84. The lowest BCUT2D eigenvalue weighted by molar-refractivity contribution is -0.118. The molecule has 40 heavy (non-hydrogen) atoms. The van der Waals surface area contributed by atoms with Crippen LogP contribution in [0.5, 0.6) is 11.5 Å². The van der Waals surface area contributed by atoms with Crippen LogP contribution in [0.3, 0.4) is 0 Å². The molecule has 1 aromatic heterocycles. The summed E-state index contributed by atoms with van der Waals surface area (Å²) in [5.41, 5.74) is 2.75. The van der Waals surface area contributed by atoms with E-state index in [0.717, 1.165) is 10.0 Å². The first kappa shape index (κ1) is 30.0. The summed E-state index contributed by atoms with van der Waals surface area (Å²) in [6, 6.07) is 14.6. The fourth-order valence-corrected chi connectivity index (χ4v) is 5.14. The summed E-state index contributed by atoms with van der Waals surface area (Å²) < 4.78 is 15.0. The van der Waals surface area contributed by atoms with Gasteiger partial charge in [-0.3, -0.25) is 9.59 Å². The van der Waals surface area contributed by atoms with Crippen LogP contribution < -0.4 is 20.3 Å². The number of hydrogen-bond donors (Lipinski definition) is 1. The molecule has 3 aromatic carbocycles. The van der Waals surface area contributed by atoms with Gasteiger partial charge in [-0.1, -0.05) is 47.5 Å². The van der Waals surface area contributed by atoms with Crippen LogP contribution >= 0.6 is 47.8 Å². The van der Waals surface area contributed by atoms with Crippen LogP contribution in [0, 0.1) is 6.92 Å². The van der Waals surface area contributed by atoms with Gasteiger partial charge in [0.1, 0.15) is 5.82 Å². The molecule has 4 rings (SSSR count). The topological polar surface area (TPSA) is 94.8 Å². The zero-order valence-electron chi connectivity index (χ0n) is 22.3. The third kappa shape index (κ3) is 6.82. The van der Waals surface area contributed by atoms with Crippen LogP contribution in [0.1, 0.15) is 43.6 Å². The third-order valence-corrected chi connectivity index (χ3v) is 8.44. The molecule has 4 aromatic rings. The Morgan fingerprint density at radius 2 is 1.80 bits per heavy atom. The van der Waals surface area contributed by atoms with Crippen molar-refractivity contribution < 1.29 is 14.3 Å². The Labute approximate surface area is 257 Å². The van der Waals surface area contributed by atoms with Crippen LogP contribution in [0.15, 0.2) is 71.8 Å². The van der Waals surface area contributed by atoms with Gasteiger partial charge in [-0.15, -0.1) is 0 Å². The van der Waals surface area contributed by atoms with Gasteiger partial charge < -0.3 is 14.8 Å². The number of halogens is 3. The zero-order valence-corrected chi connectivity index (χ0v) is 27.1. The van der Waals surface area contributed by atoms with Gasteiger partial charge in [0, 0.05) is 26.1 Å². The van der Waals surface area contributed by atoms with Crippen molar-refractivity contribution in [2.75, 3.05) is 18.5 Å². The molecule has 208 valence electrons. The summed E-state index contributed by atoms with van der Waals surface area (Å²) in [6.07, 6.45) is 1.56. The van der Waals surface area contributed by atoms with Crippen LogP contribution in [0.2, 0.25) is 0 Å². The summed E-state index contributed by atoms with van der Waals surface area (Å²) >= 11 is 10.6. The van der Waals surface area contributed by atoms with Crippen molar-refractivity contribution in [1.82, 2.24) is 9.66 Å². The molecule has 8 nitrogen and oxygen atoms in total. The van der Waals surface area contributed by atoms with E-state index in [9.17, 15) is 9.59 Å². The maximum absolute atomic E-state index is 13.4. The molecule has 0 saturated heterocycles. The second-order valence-corrected chi connectivity index (χ2v) is 11.7. The van der Waals surface area contributed by atoms with Crippen molar-refractivity contribution in [3.05, 3.63) is 89.3 Å². The summed E-state index contributed by atoms with van der Waals surface area (Å²) in [7, 11) is 0. The number of nitrogens with one attached hydrogen (secondary N) is 1. The van der Waals surface area contributed by atoms with Gasteiger partial charge in [0.2, 0.25) is 0 Å². The van der Waals surface area contributed by atoms with Crippen molar-refractivity contribution in [1.29, 1.82) is 0 Å². The van der Waals surface area contributed by atoms with E-state index in [1.165, 1.54) is 4.68 Å². The average Bonchev–Trinajstić information content (AvgIpc) is 2.92. The highest BCUT2D eigenvalue weighted by Gasteiger charge is 2.19. The monoisotopic (exact) mass is 732 g/mol. The van der Waals surface area contributed by atoms with E-state index >= 15 is 0 Å². The van der Waals surface area contributed by atoms with Gasteiger partial charge in [0.15, 0.2) is 18.1 Å². The van der Waals surface area contributed by atoms with Crippen molar-refractivity contribution >= 4 is 76.5 Å². The van der Waals surface area contributed by atoms with Gasteiger partial charge in [-0.05, 0) is 82.1 Å². The smallest absolute Gasteiger partial charge is 0.282 e. The van der Waals surface area contributed by atoms with E-state index in [4.69, 9.17) is 9.47 Å². The molecule has 0 spiro atoms. The Hall–Kier alpha value is -3.02.